The Balaban J connectivity index is 1.94. The van der Waals surface area contributed by atoms with E-state index in [2.05, 4.69) is 18.2 Å². The summed E-state index contributed by atoms with van der Waals surface area (Å²) in [7, 11) is 0. The van der Waals surface area contributed by atoms with Crippen LogP contribution in [0, 0.1) is 0 Å². The van der Waals surface area contributed by atoms with E-state index in [0.717, 1.165) is 29.9 Å². The highest BCUT2D eigenvalue weighted by molar-refractivity contribution is 7.19. The van der Waals surface area contributed by atoms with E-state index in [9.17, 15) is 5.11 Å². The van der Waals surface area contributed by atoms with Gasteiger partial charge in [-0.1, -0.05) is 18.2 Å². The van der Waals surface area contributed by atoms with E-state index in [1.165, 1.54) is 10.1 Å². The summed E-state index contributed by atoms with van der Waals surface area (Å²) in [6, 6.07) is 10.3. The van der Waals surface area contributed by atoms with Crippen LogP contribution in [0.5, 0.6) is 0 Å². The van der Waals surface area contributed by atoms with Gasteiger partial charge in [-0.3, -0.25) is 0 Å². The van der Waals surface area contributed by atoms with Crippen molar-refractivity contribution in [3.05, 3.63) is 47.0 Å². The second-order valence-electron chi connectivity index (χ2n) is 4.26. The van der Waals surface area contributed by atoms with E-state index in [-0.39, 0.29) is 0 Å². The van der Waals surface area contributed by atoms with Crippen molar-refractivity contribution in [2.75, 3.05) is 6.61 Å². The van der Waals surface area contributed by atoms with Crippen LogP contribution in [-0.2, 0) is 4.74 Å². The molecule has 1 aliphatic heterocycles. The maximum Gasteiger partial charge on any atom is 0.112 e. The number of thiophene rings is 1. The molecule has 1 aromatic heterocycles. The van der Waals surface area contributed by atoms with Crippen LogP contribution < -0.4 is 0 Å². The van der Waals surface area contributed by atoms with E-state index in [4.69, 9.17) is 4.74 Å². The first-order chi connectivity index (χ1) is 8.34. The van der Waals surface area contributed by atoms with Crippen molar-refractivity contribution in [1.29, 1.82) is 0 Å². The van der Waals surface area contributed by atoms with Crippen LogP contribution >= 0.6 is 11.3 Å². The normalized spacial score (nSPS) is 17.6. The molecular formula is C14H14O2S. The zero-order valence-electron chi connectivity index (χ0n) is 9.43. The van der Waals surface area contributed by atoms with Crippen molar-refractivity contribution in [3.8, 4) is 0 Å². The molecule has 2 aromatic rings. The molecule has 1 N–H and O–H groups in total. The molecule has 0 bridgehead atoms. The van der Waals surface area contributed by atoms with E-state index in [1.54, 1.807) is 17.6 Å². The van der Waals surface area contributed by atoms with Gasteiger partial charge in [-0.15, -0.1) is 11.3 Å². The van der Waals surface area contributed by atoms with Gasteiger partial charge in [0.2, 0.25) is 0 Å². The highest BCUT2D eigenvalue weighted by Gasteiger charge is 2.18. The van der Waals surface area contributed by atoms with E-state index in [1.807, 2.05) is 12.1 Å². The Kier molecular flexibility index (Phi) is 2.87. The van der Waals surface area contributed by atoms with Crippen LogP contribution in [0.4, 0.5) is 0 Å². The van der Waals surface area contributed by atoms with E-state index >= 15 is 0 Å². The average molecular weight is 246 g/mol. The largest absolute Gasteiger partial charge is 0.501 e. The van der Waals surface area contributed by atoms with Crippen LogP contribution in [0.2, 0.25) is 0 Å². The van der Waals surface area contributed by atoms with Gasteiger partial charge < -0.3 is 9.84 Å². The third-order valence-corrected chi connectivity index (χ3v) is 4.20. The van der Waals surface area contributed by atoms with Crippen molar-refractivity contribution in [1.82, 2.24) is 0 Å². The molecule has 0 saturated heterocycles. The highest BCUT2D eigenvalue weighted by atomic mass is 32.1. The van der Waals surface area contributed by atoms with Crippen LogP contribution in [0.15, 0.2) is 42.2 Å². The van der Waals surface area contributed by atoms with Gasteiger partial charge in [0.05, 0.1) is 12.9 Å². The summed E-state index contributed by atoms with van der Waals surface area (Å²) in [6.07, 6.45) is 3.13. The molecule has 0 saturated carbocycles. The summed E-state index contributed by atoms with van der Waals surface area (Å²) in [5, 5.41) is 11.5. The summed E-state index contributed by atoms with van der Waals surface area (Å²) >= 11 is 1.65. The molecule has 2 nitrogen and oxygen atoms in total. The van der Waals surface area contributed by atoms with Crippen LogP contribution in [0.3, 0.4) is 0 Å². The van der Waals surface area contributed by atoms with Crippen molar-refractivity contribution in [3.63, 3.8) is 0 Å². The third kappa shape index (κ3) is 2.08. The van der Waals surface area contributed by atoms with Crippen molar-refractivity contribution < 1.29 is 9.84 Å². The van der Waals surface area contributed by atoms with Gasteiger partial charge >= 0.3 is 0 Å². The Labute approximate surface area is 104 Å². The molecule has 0 aliphatic carbocycles. The fraction of sp³-hybridized carbons (Fsp3) is 0.286. The van der Waals surface area contributed by atoms with Gasteiger partial charge in [0.15, 0.2) is 0 Å². The van der Waals surface area contributed by atoms with Crippen LogP contribution in [0.25, 0.3) is 10.1 Å². The molecule has 0 radical (unpaired) electrons. The molecule has 88 valence electrons. The lowest BCUT2D eigenvalue weighted by Gasteiger charge is -2.17. The number of fused-ring (bicyclic) bond motifs is 1. The predicted octanol–water partition coefficient (Wildman–Crippen LogP) is 3.63. The molecule has 0 spiro atoms. The summed E-state index contributed by atoms with van der Waals surface area (Å²) < 4.78 is 6.50. The molecule has 2 heterocycles. The minimum atomic E-state index is -0.507. The summed E-state index contributed by atoms with van der Waals surface area (Å²) in [6.45, 7) is 0.767. The SMILES string of the molecule is OC(C1=COCCC1)c1cc2ccccc2s1. The quantitative estimate of drug-likeness (QED) is 0.876. The molecule has 0 amide bonds. The lowest BCUT2D eigenvalue weighted by atomic mass is 10.0. The fourth-order valence-corrected chi connectivity index (χ4v) is 3.20. The van der Waals surface area contributed by atoms with Crippen molar-refractivity contribution in [2.24, 2.45) is 0 Å². The van der Waals surface area contributed by atoms with Gasteiger partial charge in [0.25, 0.3) is 0 Å². The zero-order chi connectivity index (χ0) is 11.7. The first-order valence-electron chi connectivity index (χ1n) is 5.82. The minimum Gasteiger partial charge on any atom is -0.501 e. The number of hydrogen-bond donors (Lipinski definition) is 1. The standard InChI is InChI=1S/C14H14O2S/c15-14(11-5-3-7-16-9-11)13-8-10-4-1-2-6-12(10)17-13/h1-2,4,6,8-9,14-15H,3,5,7H2. The van der Waals surface area contributed by atoms with Crippen molar-refractivity contribution >= 4 is 21.4 Å². The lowest BCUT2D eigenvalue weighted by molar-refractivity contribution is 0.172. The summed E-state index contributed by atoms with van der Waals surface area (Å²) in [4.78, 5) is 1.00. The van der Waals surface area contributed by atoms with Gasteiger partial charge in [-0.25, -0.2) is 0 Å². The number of benzene rings is 1. The molecule has 0 fully saturated rings. The molecule has 3 rings (SSSR count). The van der Waals surface area contributed by atoms with Gasteiger partial charge in [0, 0.05) is 9.58 Å². The second-order valence-corrected chi connectivity index (χ2v) is 5.37. The second kappa shape index (κ2) is 4.51. The van der Waals surface area contributed by atoms with Crippen LogP contribution in [0.1, 0.15) is 23.8 Å². The Morgan fingerprint density at radius 2 is 2.18 bits per heavy atom. The average Bonchev–Trinajstić information content (AvgIpc) is 2.82. The highest BCUT2D eigenvalue weighted by Crippen LogP contribution is 2.35. The monoisotopic (exact) mass is 246 g/mol. The Morgan fingerprint density at radius 1 is 1.29 bits per heavy atom. The topological polar surface area (TPSA) is 29.5 Å². The number of ether oxygens (including phenoxy) is 1. The van der Waals surface area contributed by atoms with Gasteiger partial charge in [-0.2, -0.15) is 0 Å². The molecule has 1 unspecified atom stereocenters. The first kappa shape index (κ1) is 10.8. The Morgan fingerprint density at radius 3 is 2.94 bits per heavy atom. The van der Waals surface area contributed by atoms with E-state index in [0.29, 0.717) is 0 Å². The molecular weight excluding hydrogens is 232 g/mol. The lowest BCUT2D eigenvalue weighted by Crippen LogP contribution is -2.06. The molecule has 1 atom stereocenters. The molecule has 3 heteroatoms. The maximum atomic E-state index is 10.3. The minimum absolute atomic E-state index is 0.507. The summed E-state index contributed by atoms with van der Waals surface area (Å²) in [5.41, 5.74) is 0.989. The smallest absolute Gasteiger partial charge is 0.112 e. The van der Waals surface area contributed by atoms with Crippen molar-refractivity contribution in [2.45, 2.75) is 18.9 Å². The Bertz CT molecular complexity index is 523. The predicted molar refractivity (Wildman–Crippen MR) is 70.1 cm³/mol. The number of rotatable bonds is 2. The number of hydrogen-bond acceptors (Lipinski definition) is 3. The molecule has 1 aliphatic rings. The summed E-state index contributed by atoms with van der Waals surface area (Å²) in [5.74, 6) is 0. The number of aliphatic hydroxyl groups is 1. The third-order valence-electron chi connectivity index (χ3n) is 3.03. The zero-order valence-corrected chi connectivity index (χ0v) is 10.2. The fourth-order valence-electron chi connectivity index (χ4n) is 2.11. The maximum absolute atomic E-state index is 10.3. The van der Waals surface area contributed by atoms with Crippen LogP contribution in [-0.4, -0.2) is 11.7 Å². The molecule has 17 heavy (non-hydrogen) atoms. The van der Waals surface area contributed by atoms with Gasteiger partial charge in [-0.05, 0) is 35.9 Å². The first-order valence-corrected chi connectivity index (χ1v) is 6.63. The Hall–Kier alpha value is -1.32. The van der Waals surface area contributed by atoms with Gasteiger partial charge in [0.1, 0.15) is 6.10 Å². The molecule has 1 aromatic carbocycles. The van der Waals surface area contributed by atoms with E-state index < -0.39 is 6.10 Å². The number of aliphatic hydroxyl groups excluding tert-OH is 1.